The minimum Gasteiger partial charge on any atom is -0.369 e. The van der Waals surface area contributed by atoms with Crippen LogP contribution in [-0.4, -0.2) is 18.1 Å². The second-order valence-corrected chi connectivity index (χ2v) is 4.73. The van der Waals surface area contributed by atoms with Crippen molar-refractivity contribution in [3.63, 3.8) is 0 Å². The van der Waals surface area contributed by atoms with Crippen LogP contribution in [0.2, 0.25) is 0 Å². The van der Waals surface area contributed by atoms with Gasteiger partial charge in [0.05, 0.1) is 0 Å². The lowest BCUT2D eigenvalue weighted by atomic mass is 9.89. The van der Waals surface area contributed by atoms with Crippen molar-refractivity contribution in [3.8, 4) is 0 Å². The Labute approximate surface area is 92.1 Å². The summed E-state index contributed by atoms with van der Waals surface area (Å²) in [7, 11) is 0. The summed E-state index contributed by atoms with van der Waals surface area (Å²) >= 11 is 0. The quantitative estimate of drug-likeness (QED) is 0.778. The van der Waals surface area contributed by atoms with E-state index in [2.05, 4.69) is 37.1 Å². The first-order valence-electron chi connectivity index (χ1n) is 5.41. The van der Waals surface area contributed by atoms with E-state index in [0.717, 1.165) is 25.3 Å². The minimum atomic E-state index is 0.221. The molecule has 1 heterocycles. The van der Waals surface area contributed by atoms with Gasteiger partial charge in [-0.15, -0.1) is 0 Å². The summed E-state index contributed by atoms with van der Waals surface area (Å²) in [5.41, 5.74) is 6.97. The van der Waals surface area contributed by atoms with E-state index < -0.39 is 0 Å². The van der Waals surface area contributed by atoms with Gasteiger partial charge in [-0.25, -0.2) is 4.98 Å². The average molecular weight is 207 g/mol. The largest absolute Gasteiger partial charge is 0.369 e. The highest BCUT2D eigenvalue weighted by Crippen LogP contribution is 2.20. The third-order valence-electron chi connectivity index (χ3n) is 2.56. The van der Waals surface area contributed by atoms with Crippen LogP contribution in [-0.2, 0) is 0 Å². The van der Waals surface area contributed by atoms with Crippen LogP contribution in [0.15, 0.2) is 18.3 Å². The molecule has 0 aliphatic carbocycles. The highest BCUT2D eigenvalue weighted by Gasteiger charge is 2.16. The van der Waals surface area contributed by atoms with Crippen molar-refractivity contribution in [1.82, 2.24) is 4.98 Å². The molecule has 15 heavy (non-hydrogen) atoms. The zero-order chi connectivity index (χ0) is 11.3. The summed E-state index contributed by atoms with van der Waals surface area (Å²) in [4.78, 5) is 4.30. The van der Waals surface area contributed by atoms with E-state index in [-0.39, 0.29) is 5.41 Å². The van der Waals surface area contributed by atoms with Crippen LogP contribution >= 0.6 is 0 Å². The summed E-state index contributed by atoms with van der Waals surface area (Å²) in [6, 6.07) is 4.01. The Balaban J connectivity index is 2.53. The van der Waals surface area contributed by atoms with E-state index in [1.54, 1.807) is 0 Å². The van der Waals surface area contributed by atoms with Crippen molar-refractivity contribution in [1.29, 1.82) is 0 Å². The standard InChI is InChI=1S/C12H21N3/c1-10-5-4-8-14-11(10)15-9-12(2,3)6-7-13/h4-5,8H,6-7,9,13H2,1-3H3,(H,14,15). The van der Waals surface area contributed by atoms with E-state index >= 15 is 0 Å². The molecular weight excluding hydrogens is 186 g/mol. The fraction of sp³-hybridized carbons (Fsp3) is 0.583. The molecule has 0 saturated heterocycles. The Morgan fingerprint density at radius 2 is 2.20 bits per heavy atom. The summed E-state index contributed by atoms with van der Waals surface area (Å²) in [5, 5.41) is 3.37. The van der Waals surface area contributed by atoms with E-state index in [1.165, 1.54) is 5.56 Å². The van der Waals surface area contributed by atoms with Crippen molar-refractivity contribution in [2.75, 3.05) is 18.4 Å². The molecule has 0 amide bonds. The lowest BCUT2D eigenvalue weighted by Gasteiger charge is -2.24. The number of nitrogens with two attached hydrogens (primary N) is 1. The number of aryl methyl sites for hydroxylation is 1. The van der Waals surface area contributed by atoms with Gasteiger partial charge in [0.2, 0.25) is 0 Å². The fourth-order valence-corrected chi connectivity index (χ4v) is 1.47. The van der Waals surface area contributed by atoms with Gasteiger partial charge < -0.3 is 11.1 Å². The molecule has 0 atom stereocenters. The van der Waals surface area contributed by atoms with Gasteiger partial charge in [-0.2, -0.15) is 0 Å². The van der Waals surface area contributed by atoms with Crippen molar-refractivity contribution in [2.45, 2.75) is 27.2 Å². The molecular formula is C12H21N3. The molecule has 0 aliphatic heterocycles. The van der Waals surface area contributed by atoms with Crippen LogP contribution in [0, 0.1) is 12.3 Å². The number of hydrogen-bond donors (Lipinski definition) is 2. The first-order valence-corrected chi connectivity index (χ1v) is 5.41. The maximum Gasteiger partial charge on any atom is 0.128 e. The molecule has 0 aromatic carbocycles. The van der Waals surface area contributed by atoms with Crippen molar-refractivity contribution in [3.05, 3.63) is 23.9 Å². The van der Waals surface area contributed by atoms with E-state index in [9.17, 15) is 0 Å². The first-order chi connectivity index (χ1) is 7.05. The fourth-order valence-electron chi connectivity index (χ4n) is 1.47. The van der Waals surface area contributed by atoms with Crippen LogP contribution < -0.4 is 11.1 Å². The minimum absolute atomic E-state index is 0.221. The third kappa shape index (κ3) is 3.88. The molecule has 0 aliphatic rings. The van der Waals surface area contributed by atoms with Crippen LogP contribution in [0.1, 0.15) is 25.8 Å². The molecule has 0 bridgehead atoms. The summed E-state index contributed by atoms with van der Waals surface area (Å²) in [6.45, 7) is 8.12. The number of pyridine rings is 1. The highest BCUT2D eigenvalue weighted by atomic mass is 15.0. The molecule has 1 rings (SSSR count). The molecule has 3 nitrogen and oxygen atoms in total. The topological polar surface area (TPSA) is 50.9 Å². The lowest BCUT2D eigenvalue weighted by Crippen LogP contribution is -2.26. The van der Waals surface area contributed by atoms with Gasteiger partial charge in [0, 0.05) is 12.7 Å². The Kier molecular flexibility index (Phi) is 4.09. The van der Waals surface area contributed by atoms with Gasteiger partial charge in [0.25, 0.3) is 0 Å². The van der Waals surface area contributed by atoms with Gasteiger partial charge in [-0.3, -0.25) is 0 Å². The second-order valence-electron chi connectivity index (χ2n) is 4.73. The molecule has 0 fully saturated rings. The maximum absolute atomic E-state index is 5.57. The molecule has 0 saturated carbocycles. The van der Waals surface area contributed by atoms with E-state index in [1.807, 2.05) is 12.3 Å². The van der Waals surface area contributed by atoms with Gasteiger partial charge in [-0.05, 0) is 36.9 Å². The zero-order valence-electron chi connectivity index (χ0n) is 9.88. The van der Waals surface area contributed by atoms with Gasteiger partial charge >= 0.3 is 0 Å². The highest BCUT2D eigenvalue weighted by molar-refractivity contribution is 5.42. The average Bonchev–Trinajstić information content (AvgIpc) is 2.16. The number of hydrogen-bond acceptors (Lipinski definition) is 3. The molecule has 84 valence electrons. The molecule has 3 heteroatoms. The van der Waals surface area contributed by atoms with Crippen molar-refractivity contribution >= 4 is 5.82 Å². The monoisotopic (exact) mass is 207 g/mol. The predicted octanol–water partition coefficient (Wildman–Crippen LogP) is 2.18. The van der Waals surface area contributed by atoms with Crippen LogP contribution in [0.3, 0.4) is 0 Å². The molecule has 0 radical (unpaired) electrons. The smallest absolute Gasteiger partial charge is 0.128 e. The Morgan fingerprint density at radius 1 is 1.47 bits per heavy atom. The van der Waals surface area contributed by atoms with E-state index in [0.29, 0.717) is 0 Å². The Bertz CT molecular complexity index is 307. The Morgan fingerprint density at radius 3 is 2.80 bits per heavy atom. The number of rotatable bonds is 5. The lowest BCUT2D eigenvalue weighted by molar-refractivity contribution is 0.365. The molecule has 0 unspecified atom stereocenters. The summed E-state index contributed by atoms with van der Waals surface area (Å²) in [6.07, 6.45) is 2.83. The van der Waals surface area contributed by atoms with Gasteiger partial charge in [0.15, 0.2) is 0 Å². The number of nitrogens with one attached hydrogen (secondary N) is 1. The predicted molar refractivity (Wildman–Crippen MR) is 64.9 cm³/mol. The number of anilines is 1. The third-order valence-corrected chi connectivity index (χ3v) is 2.56. The van der Waals surface area contributed by atoms with Crippen molar-refractivity contribution in [2.24, 2.45) is 11.1 Å². The van der Waals surface area contributed by atoms with E-state index in [4.69, 9.17) is 5.73 Å². The Hall–Kier alpha value is -1.09. The van der Waals surface area contributed by atoms with Gasteiger partial charge in [-0.1, -0.05) is 19.9 Å². The molecule has 0 spiro atoms. The van der Waals surface area contributed by atoms with Crippen LogP contribution in [0.5, 0.6) is 0 Å². The van der Waals surface area contributed by atoms with Crippen LogP contribution in [0.4, 0.5) is 5.82 Å². The second kappa shape index (κ2) is 5.12. The van der Waals surface area contributed by atoms with Gasteiger partial charge in [0.1, 0.15) is 5.82 Å². The first kappa shape index (κ1) is 12.0. The normalized spacial score (nSPS) is 11.5. The molecule has 3 N–H and O–H groups in total. The number of aromatic nitrogens is 1. The van der Waals surface area contributed by atoms with Crippen molar-refractivity contribution < 1.29 is 0 Å². The summed E-state index contributed by atoms with van der Waals surface area (Å²) in [5.74, 6) is 0.975. The van der Waals surface area contributed by atoms with Crippen LogP contribution in [0.25, 0.3) is 0 Å². The maximum atomic E-state index is 5.57. The summed E-state index contributed by atoms with van der Waals surface area (Å²) < 4.78 is 0. The molecule has 1 aromatic rings. The molecule has 1 aromatic heterocycles. The zero-order valence-corrected chi connectivity index (χ0v) is 9.88. The SMILES string of the molecule is Cc1cccnc1NCC(C)(C)CCN. The number of nitrogens with zero attached hydrogens (tertiary/aromatic N) is 1.